The van der Waals surface area contributed by atoms with Gasteiger partial charge in [0.2, 0.25) is 5.95 Å². The Bertz CT molecular complexity index is 609. The molecule has 1 aromatic heterocycles. The van der Waals surface area contributed by atoms with Gasteiger partial charge in [-0.25, -0.2) is 14.3 Å². The molecule has 1 fully saturated rings. The Hall–Kier alpha value is -2.44. The minimum atomic E-state index is -0.630. The molecule has 0 aliphatic heterocycles. The Morgan fingerprint density at radius 3 is 2.75 bits per heavy atom. The second-order valence-electron chi connectivity index (χ2n) is 4.83. The number of carbonyl (C=O) groups excluding carboxylic acids is 1. The zero-order valence-electron chi connectivity index (χ0n) is 10.7. The fourth-order valence-corrected chi connectivity index (χ4v) is 2.46. The number of aromatic amines is 1. The number of carbonyl (C=O) groups is 1. The molecule has 104 valence electrons. The molecule has 0 spiro atoms. The van der Waals surface area contributed by atoms with Gasteiger partial charge in [-0.05, 0) is 25.3 Å². The van der Waals surface area contributed by atoms with Crippen LogP contribution in [0, 0.1) is 5.82 Å². The lowest BCUT2D eigenvalue weighted by Crippen LogP contribution is -2.52. The Balaban J connectivity index is 1.77. The van der Waals surface area contributed by atoms with E-state index in [1.165, 1.54) is 12.4 Å². The van der Waals surface area contributed by atoms with Gasteiger partial charge in [-0.3, -0.25) is 5.32 Å². The van der Waals surface area contributed by atoms with Crippen LogP contribution in [0.2, 0.25) is 0 Å². The summed E-state index contributed by atoms with van der Waals surface area (Å²) in [5.41, 5.74) is -0.103. The highest BCUT2D eigenvalue weighted by atomic mass is 19.1. The molecule has 0 atom stereocenters. The van der Waals surface area contributed by atoms with Crippen molar-refractivity contribution in [2.75, 3.05) is 5.32 Å². The van der Waals surface area contributed by atoms with Crippen molar-refractivity contribution in [3.05, 3.63) is 42.0 Å². The quantitative estimate of drug-likeness (QED) is 0.802. The number of H-pyrrole nitrogens is 1. The van der Waals surface area contributed by atoms with Gasteiger partial charge in [0.05, 0.1) is 5.54 Å². The minimum Gasteiger partial charge on any atom is -0.328 e. The summed E-state index contributed by atoms with van der Waals surface area (Å²) in [5, 5.41) is 11.6. The largest absolute Gasteiger partial charge is 0.328 e. The maximum Gasteiger partial charge on any atom is 0.322 e. The van der Waals surface area contributed by atoms with E-state index in [0.29, 0.717) is 5.56 Å². The second-order valence-corrected chi connectivity index (χ2v) is 4.83. The summed E-state index contributed by atoms with van der Waals surface area (Å²) in [6.07, 6.45) is 3.69. The SMILES string of the molecule is O=C(Nc1ncn[nH]1)NC1(c2ccccc2F)CCC1. The van der Waals surface area contributed by atoms with E-state index < -0.39 is 11.6 Å². The standard InChI is InChI=1S/C13H14FN5O/c14-10-5-2-1-4-9(10)13(6-3-7-13)18-12(20)17-11-15-8-16-19-11/h1-2,4-5,8H,3,6-7H2,(H3,15,16,17,18,19,20). The fraction of sp³-hybridized carbons (Fsp3) is 0.308. The minimum absolute atomic E-state index is 0.255. The van der Waals surface area contributed by atoms with E-state index in [0.717, 1.165) is 19.3 Å². The maximum atomic E-state index is 13.9. The van der Waals surface area contributed by atoms with Crippen LogP contribution in [0.5, 0.6) is 0 Å². The lowest BCUT2D eigenvalue weighted by molar-refractivity contribution is 0.180. The van der Waals surface area contributed by atoms with Crippen molar-refractivity contribution in [2.45, 2.75) is 24.8 Å². The first-order chi connectivity index (χ1) is 9.70. The van der Waals surface area contributed by atoms with Crippen molar-refractivity contribution < 1.29 is 9.18 Å². The Labute approximate surface area is 114 Å². The van der Waals surface area contributed by atoms with Gasteiger partial charge in [-0.15, -0.1) is 0 Å². The first kappa shape index (κ1) is 12.6. The third-order valence-corrected chi connectivity index (χ3v) is 3.60. The van der Waals surface area contributed by atoms with Crippen molar-refractivity contribution >= 4 is 12.0 Å². The number of hydrogen-bond donors (Lipinski definition) is 3. The van der Waals surface area contributed by atoms with Crippen molar-refractivity contribution in [1.29, 1.82) is 0 Å². The third-order valence-electron chi connectivity index (χ3n) is 3.60. The van der Waals surface area contributed by atoms with Crippen LogP contribution in [0.25, 0.3) is 0 Å². The number of nitrogens with zero attached hydrogens (tertiary/aromatic N) is 2. The number of anilines is 1. The van der Waals surface area contributed by atoms with E-state index in [9.17, 15) is 9.18 Å². The predicted molar refractivity (Wildman–Crippen MR) is 70.5 cm³/mol. The zero-order valence-corrected chi connectivity index (χ0v) is 10.7. The summed E-state index contributed by atoms with van der Waals surface area (Å²) < 4.78 is 13.9. The second kappa shape index (κ2) is 4.92. The van der Waals surface area contributed by atoms with Crippen LogP contribution in [0.3, 0.4) is 0 Å². The Morgan fingerprint density at radius 1 is 1.35 bits per heavy atom. The van der Waals surface area contributed by atoms with Gasteiger partial charge in [0.25, 0.3) is 0 Å². The van der Waals surface area contributed by atoms with E-state index in [2.05, 4.69) is 25.8 Å². The van der Waals surface area contributed by atoms with Crippen LogP contribution in [0.4, 0.5) is 15.1 Å². The average molecular weight is 275 g/mol. The van der Waals surface area contributed by atoms with Gasteiger partial charge >= 0.3 is 6.03 Å². The lowest BCUT2D eigenvalue weighted by atomic mass is 9.71. The molecule has 1 heterocycles. The summed E-state index contributed by atoms with van der Waals surface area (Å²) in [6.45, 7) is 0. The topological polar surface area (TPSA) is 82.7 Å². The number of amides is 2. The fourth-order valence-electron chi connectivity index (χ4n) is 2.46. The van der Waals surface area contributed by atoms with Gasteiger partial charge in [-0.1, -0.05) is 18.2 Å². The third kappa shape index (κ3) is 2.22. The van der Waals surface area contributed by atoms with Crippen LogP contribution < -0.4 is 10.6 Å². The molecule has 3 N–H and O–H groups in total. The molecule has 1 aliphatic rings. The van der Waals surface area contributed by atoms with Gasteiger partial charge in [0.1, 0.15) is 12.1 Å². The summed E-state index contributed by atoms with van der Waals surface area (Å²) in [7, 11) is 0. The Morgan fingerprint density at radius 2 is 2.15 bits per heavy atom. The van der Waals surface area contributed by atoms with Crippen molar-refractivity contribution in [3.8, 4) is 0 Å². The van der Waals surface area contributed by atoms with Crippen LogP contribution >= 0.6 is 0 Å². The Kier molecular flexibility index (Phi) is 3.09. The van der Waals surface area contributed by atoms with Gasteiger partial charge < -0.3 is 5.32 Å². The summed E-state index contributed by atoms with van der Waals surface area (Å²) in [5.74, 6) is -0.0438. The average Bonchev–Trinajstić information content (AvgIpc) is 2.88. The molecular weight excluding hydrogens is 261 g/mol. The number of nitrogens with one attached hydrogen (secondary N) is 3. The normalized spacial score (nSPS) is 16.2. The predicted octanol–water partition coefficient (Wildman–Crippen LogP) is 2.14. The van der Waals surface area contributed by atoms with E-state index in [1.54, 1.807) is 18.2 Å². The molecule has 2 amide bonds. The lowest BCUT2D eigenvalue weighted by Gasteiger charge is -2.43. The van der Waals surface area contributed by atoms with Crippen LogP contribution in [0.15, 0.2) is 30.6 Å². The molecule has 0 bridgehead atoms. The zero-order chi connectivity index (χ0) is 14.0. The number of rotatable bonds is 3. The summed E-state index contributed by atoms with van der Waals surface area (Å²) in [6, 6.07) is 6.10. The number of halogens is 1. The smallest absolute Gasteiger partial charge is 0.322 e. The summed E-state index contributed by atoms with van der Waals surface area (Å²) in [4.78, 5) is 15.8. The first-order valence-corrected chi connectivity index (χ1v) is 6.39. The van der Waals surface area contributed by atoms with E-state index in [-0.39, 0.29) is 11.8 Å². The highest BCUT2D eigenvalue weighted by molar-refractivity contribution is 5.88. The molecule has 6 nitrogen and oxygen atoms in total. The van der Waals surface area contributed by atoms with E-state index in [4.69, 9.17) is 0 Å². The summed E-state index contributed by atoms with van der Waals surface area (Å²) >= 11 is 0. The number of aromatic nitrogens is 3. The van der Waals surface area contributed by atoms with E-state index >= 15 is 0 Å². The molecular formula is C13H14FN5O. The maximum absolute atomic E-state index is 13.9. The highest BCUT2D eigenvalue weighted by Crippen LogP contribution is 2.42. The van der Waals surface area contributed by atoms with Crippen molar-refractivity contribution in [2.24, 2.45) is 0 Å². The van der Waals surface area contributed by atoms with E-state index in [1.807, 2.05) is 0 Å². The van der Waals surface area contributed by atoms with Crippen molar-refractivity contribution in [1.82, 2.24) is 20.5 Å². The molecule has 20 heavy (non-hydrogen) atoms. The molecule has 1 aliphatic carbocycles. The van der Waals surface area contributed by atoms with Gasteiger partial charge in [0.15, 0.2) is 0 Å². The van der Waals surface area contributed by atoms with Crippen LogP contribution in [0.1, 0.15) is 24.8 Å². The monoisotopic (exact) mass is 275 g/mol. The molecule has 1 aromatic carbocycles. The molecule has 0 unspecified atom stereocenters. The van der Waals surface area contributed by atoms with Crippen LogP contribution in [-0.4, -0.2) is 21.2 Å². The van der Waals surface area contributed by atoms with Gasteiger partial charge in [0, 0.05) is 5.56 Å². The molecule has 0 radical (unpaired) electrons. The number of hydrogen-bond acceptors (Lipinski definition) is 3. The number of urea groups is 1. The molecule has 7 heteroatoms. The molecule has 0 saturated heterocycles. The van der Waals surface area contributed by atoms with Gasteiger partial charge in [-0.2, -0.15) is 10.1 Å². The van der Waals surface area contributed by atoms with Crippen molar-refractivity contribution in [3.63, 3.8) is 0 Å². The highest BCUT2D eigenvalue weighted by Gasteiger charge is 2.41. The van der Waals surface area contributed by atoms with Crippen LogP contribution in [-0.2, 0) is 5.54 Å². The molecule has 2 aromatic rings. The number of benzene rings is 1. The molecule has 1 saturated carbocycles. The first-order valence-electron chi connectivity index (χ1n) is 6.39. The molecule has 3 rings (SSSR count).